The van der Waals surface area contributed by atoms with Gasteiger partial charge in [0.15, 0.2) is 12.4 Å². The summed E-state index contributed by atoms with van der Waals surface area (Å²) in [5.41, 5.74) is 0.629. The minimum absolute atomic E-state index is 0.105. The van der Waals surface area contributed by atoms with Crippen LogP contribution in [0.1, 0.15) is 49.4 Å². The number of hydrogen-bond donors (Lipinski definition) is 1. The maximum Gasteiger partial charge on any atom is 0.348 e. The molecule has 3 rings (SSSR count). The SMILES string of the molecule is CCCOC(=O)c1c(NC(=O)c2ccn(COc3ccc(Br)cc3)n2)sc(C(=O)OC)c1C. The first-order valence-corrected chi connectivity index (χ1v) is 11.6. The highest BCUT2D eigenvalue weighted by molar-refractivity contribution is 9.10. The lowest BCUT2D eigenvalue weighted by molar-refractivity contribution is 0.0506. The van der Waals surface area contributed by atoms with E-state index in [4.69, 9.17) is 14.2 Å². The number of carbonyl (C=O) groups is 3. The zero-order chi connectivity index (χ0) is 24.0. The van der Waals surface area contributed by atoms with Crippen molar-refractivity contribution >= 4 is 50.1 Å². The lowest BCUT2D eigenvalue weighted by atomic mass is 10.1. The predicted octanol–water partition coefficient (Wildman–Crippen LogP) is 4.66. The predicted molar refractivity (Wildman–Crippen MR) is 126 cm³/mol. The Balaban J connectivity index is 1.75. The molecule has 0 fully saturated rings. The van der Waals surface area contributed by atoms with Gasteiger partial charge >= 0.3 is 11.9 Å². The van der Waals surface area contributed by atoms with Crippen molar-refractivity contribution in [3.63, 3.8) is 0 Å². The fraction of sp³-hybridized carbons (Fsp3) is 0.273. The Hall–Kier alpha value is -3.18. The second-order valence-corrected chi connectivity index (χ2v) is 8.75. The van der Waals surface area contributed by atoms with Crippen LogP contribution in [0.25, 0.3) is 0 Å². The number of hydrogen-bond acceptors (Lipinski definition) is 8. The van der Waals surface area contributed by atoms with Crippen molar-refractivity contribution in [3.05, 3.63) is 62.7 Å². The molecule has 33 heavy (non-hydrogen) atoms. The van der Waals surface area contributed by atoms with Crippen LogP contribution in [0, 0.1) is 6.92 Å². The Bertz CT molecular complexity index is 1160. The van der Waals surface area contributed by atoms with Gasteiger partial charge < -0.3 is 19.5 Å². The number of nitrogens with one attached hydrogen (secondary N) is 1. The number of aromatic nitrogens is 2. The molecule has 0 radical (unpaired) electrons. The number of rotatable bonds is 9. The molecule has 2 heterocycles. The molecule has 0 saturated carbocycles. The van der Waals surface area contributed by atoms with Gasteiger partial charge in [0.25, 0.3) is 5.91 Å². The molecule has 3 aromatic rings. The van der Waals surface area contributed by atoms with E-state index in [0.29, 0.717) is 17.7 Å². The summed E-state index contributed by atoms with van der Waals surface area (Å²) in [7, 11) is 1.25. The fourth-order valence-electron chi connectivity index (χ4n) is 2.79. The maximum absolute atomic E-state index is 12.8. The van der Waals surface area contributed by atoms with E-state index in [1.807, 2.05) is 19.1 Å². The zero-order valence-corrected chi connectivity index (χ0v) is 20.6. The quantitative estimate of drug-likeness (QED) is 0.397. The molecule has 1 N–H and O–H groups in total. The molecule has 0 atom stereocenters. The van der Waals surface area contributed by atoms with Gasteiger partial charge in [0.05, 0.1) is 19.3 Å². The van der Waals surface area contributed by atoms with Gasteiger partial charge in [0, 0.05) is 10.7 Å². The van der Waals surface area contributed by atoms with Crippen LogP contribution in [-0.2, 0) is 16.2 Å². The van der Waals surface area contributed by atoms with Crippen molar-refractivity contribution in [2.24, 2.45) is 0 Å². The Morgan fingerprint density at radius 2 is 1.88 bits per heavy atom. The number of nitrogens with zero attached hydrogens (tertiary/aromatic N) is 2. The third-order valence-electron chi connectivity index (χ3n) is 4.44. The largest absolute Gasteiger partial charge is 0.471 e. The molecule has 11 heteroatoms. The molecule has 0 aliphatic heterocycles. The van der Waals surface area contributed by atoms with Crippen molar-refractivity contribution in [2.75, 3.05) is 19.0 Å². The summed E-state index contributed by atoms with van der Waals surface area (Å²) in [6.45, 7) is 3.80. The van der Waals surface area contributed by atoms with Crippen molar-refractivity contribution < 1.29 is 28.6 Å². The summed E-state index contributed by atoms with van der Waals surface area (Å²) < 4.78 is 18.0. The number of esters is 2. The summed E-state index contributed by atoms with van der Waals surface area (Å²) in [5.74, 6) is -1.11. The van der Waals surface area contributed by atoms with Crippen LogP contribution in [0.15, 0.2) is 41.0 Å². The second kappa shape index (κ2) is 11.1. The van der Waals surface area contributed by atoms with E-state index in [2.05, 4.69) is 26.3 Å². The normalized spacial score (nSPS) is 10.5. The van der Waals surface area contributed by atoms with Crippen LogP contribution in [0.5, 0.6) is 5.75 Å². The lowest BCUT2D eigenvalue weighted by Gasteiger charge is -2.07. The molecule has 0 aliphatic rings. The van der Waals surface area contributed by atoms with Gasteiger partial charge in [-0.1, -0.05) is 22.9 Å². The molecule has 174 valence electrons. The summed E-state index contributed by atoms with van der Waals surface area (Å²) in [5, 5.41) is 7.07. The Kier molecular flexibility index (Phi) is 8.23. The number of thiophene rings is 1. The molecule has 2 aromatic heterocycles. The highest BCUT2D eigenvalue weighted by atomic mass is 79.9. The van der Waals surface area contributed by atoms with Crippen molar-refractivity contribution in [2.45, 2.75) is 27.0 Å². The van der Waals surface area contributed by atoms with Crippen LogP contribution in [-0.4, -0.2) is 41.3 Å². The average Bonchev–Trinajstić information content (AvgIpc) is 3.41. The van der Waals surface area contributed by atoms with E-state index in [1.54, 1.807) is 25.3 Å². The van der Waals surface area contributed by atoms with Crippen LogP contribution in [0.3, 0.4) is 0 Å². The smallest absolute Gasteiger partial charge is 0.348 e. The fourth-order valence-corrected chi connectivity index (χ4v) is 4.17. The highest BCUT2D eigenvalue weighted by Gasteiger charge is 2.27. The van der Waals surface area contributed by atoms with Gasteiger partial charge in [-0.05, 0) is 49.2 Å². The third kappa shape index (κ3) is 5.99. The summed E-state index contributed by atoms with van der Waals surface area (Å²) in [4.78, 5) is 37.7. The Morgan fingerprint density at radius 3 is 2.55 bits per heavy atom. The number of benzene rings is 1. The molecule has 0 saturated heterocycles. The van der Waals surface area contributed by atoms with E-state index >= 15 is 0 Å². The second-order valence-electron chi connectivity index (χ2n) is 6.81. The van der Waals surface area contributed by atoms with Crippen LogP contribution >= 0.6 is 27.3 Å². The molecule has 1 amide bonds. The minimum Gasteiger partial charge on any atom is -0.471 e. The number of anilines is 1. The van der Waals surface area contributed by atoms with Crippen LogP contribution in [0.2, 0.25) is 0 Å². The Morgan fingerprint density at radius 1 is 1.15 bits per heavy atom. The van der Waals surface area contributed by atoms with Gasteiger partial charge in [-0.3, -0.25) is 4.79 Å². The molecule has 0 bridgehead atoms. The first-order chi connectivity index (χ1) is 15.8. The average molecular weight is 536 g/mol. The molecule has 9 nitrogen and oxygen atoms in total. The standard InChI is InChI=1S/C22H22BrN3O6S/c1-4-11-31-21(28)17-13(2)18(22(29)30-3)33-20(17)24-19(27)16-9-10-26(25-16)12-32-15-7-5-14(23)6-8-15/h5-10H,4,11-12H2,1-3H3,(H,24,27). The van der Waals surface area contributed by atoms with Crippen molar-refractivity contribution in [1.82, 2.24) is 9.78 Å². The zero-order valence-electron chi connectivity index (χ0n) is 18.2. The van der Waals surface area contributed by atoms with Crippen LogP contribution in [0.4, 0.5) is 5.00 Å². The van der Waals surface area contributed by atoms with E-state index < -0.39 is 17.8 Å². The van der Waals surface area contributed by atoms with E-state index in [-0.39, 0.29) is 34.5 Å². The number of halogens is 1. The third-order valence-corrected chi connectivity index (χ3v) is 6.15. The molecule has 0 spiro atoms. The minimum atomic E-state index is -0.621. The molecule has 0 unspecified atom stereocenters. The highest BCUT2D eigenvalue weighted by Crippen LogP contribution is 2.34. The summed E-state index contributed by atoms with van der Waals surface area (Å²) in [6, 6.07) is 8.84. The van der Waals surface area contributed by atoms with Gasteiger partial charge in [0.1, 0.15) is 15.6 Å². The monoisotopic (exact) mass is 535 g/mol. The molecular weight excluding hydrogens is 514 g/mol. The maximum atomic E-state index is 12.8. The number of carbonyl (C=O) groups excluding carboxylic acids is 3. The molecule has 0 aliphatic carbocycles. The number of ether oxygens (including phenoxy) is 3. The van der Waals surface area contributed by atoms with E-state index in [0.717, 1.165) is 15.8 Å². The van der Waals surface area contributed by atoms with Gasteiger partial charge in [0.2, 0.25) is 0 Å². The number of amides is 1. The summed E-state index contributed by atoms with van der Waals surface area (Å²) >= 11 is 4.31. The van der Waals surface area contributed by atoms with Gasteiger partial charge in [-0.2, -0.15) is 5.10 Å². The van der Waals surface area contributed by atoms with E-state index in [9.17, 15) is 14.4 Å². The number of methoxy groups -OCH3 is 1. The molecular formula is C22H22BrN3O6S. The Labute approximate surface area is 202 Å². The molecule has 1 aromatic carbocycles. The summed E-state index contributed by atoms with van der Waals surface area (Å²) in [6.07, 6.45) is 2.24. The van der Waals surface area contributed by atoms with Gasteiger partial charge in [-0.15, -0.1) is 11.3 Å². The first kappa shape index (κ1) is 24.5. The van der Waals surface area contributed by atoms with E-state index in [1.165, 1.54) is 17.9 Å². The van der Waals surface area contributed by atoms with Crippen molar-refractivity contribution in [3.8, 4) is 5.75 Å². The van der Waals surface area contributed by atoms with Crippen molar-refractivity contribution in [1.29, 1.82) is 0 Å². The lowest BCUT2D eigenvalue weighted by Crippen LogP contribution is -2.16. The van der Waals surface area contributed by atoms with Crippen LogP contribution < -0.4 is 10.1 Å². The van der Waals surface area contributed by atoms with Gasteiger partial charge in [-0.25, -0.2) is 14.3 Å². The topological polar surface area (TPSA) is 109 Å². The first-order valence-electron chi connectivity index (χ1n) is 9.96.